The Bertz CT molecular complexity index is 1270. The van der Waals surface area contributed by atoms with Crippen molar-refractivity contribution in [3.05, 3.63) is 44.7 Å². The van der Waals surface area contributed by atoms with E-state index in [1.807, 2.05) is 34.9 Å². The van der Waals surface area contributed by atoms with Crippen molar-refractivity contribution in [2.45, 2.75) is 36.5 Å². The first-order valence-electron chi connectivity index (χ1n) is 9.70. The van der Waals surface area contributed by atoms with Crippen LogP contribution in [-0.4, -0.2) is 37.4 Å². The van der Waals surface area contributed by atoms with Crippen molar-refractivity contribution in [1.82, 2.24) is 19.6 Å². The van der Waals surface area contributed by atoms with Gasteiger partial charge in [-0.1, -0.05) is 58.5 Å². The lowest BCUT2D eigenvalue weighted by Gasteiger charge is -2.17. The van der Waals surface area contributed by atoms with Gasteiger partial charge in [0, 0.05) is 14.9 Å². The minimum Gasteiger partial charge on any atom is -0.293 e. The molecule has 4 aromatic rings. The van der Waals surface area contributed by atoms with E-state index in [0.717, 1.165) is 49.4 Å². The van der Waals surface area contributed by atoms with Crippen molar-refractivity contribution in [1.29, 1.82) is 0 Å². The summed E-state index contributed by atoms with van der Waals surface area (Å²) in [6.45, 7) is 2.32. The quantitative estimate of drug-likeness (QED) is 0.185. The standard InChI is InChI=1S/C21H19BrN4OS3/c1-11-3-8-14-16(9-11)30-19-17(14)18-24-25-21(26(18)20(23-19)28-2)29-10-15(27)12-4-6-13(22)7-5-12/h4-7,11H,3,8-10H2,1-2H3. The van der Waals surface area contributed by atoms with E-state index in [1.54, 1.807) is 23.1 Å². The first-order chi connectivity index (χ1) is 14.5. The zero-order chi connectivity index (χ0) is 20.8. The monoisotopic (exact) mass is 518 g/mol. The van der Waals surface area contributed by atoms with Crippen LogP contribution in [0.3, 0.4) is 0 Å². The molecule has 3 aromatic heterocycles. The summed E-state index contributed by atoms with van der Waals surface area (Å²) in [5, 5.41) is 11.7. The van der Waals surface area contributed by atoms with Crippen molar-refractivity contribution < 1.29 is 4.79 Å². The Kier molecular flexibility index (Phi) is 5.64. The second kappa shape index (κ2) is 8.26. The van der Waals surface area contributed by atoms with Crippen molar-refractivity contribution in [2.75, 3.05) is 12.0 Å². The average molecular weight is 520 g/mol. The number of fused-ring (bicyclic) bond motifs is 5. The van der Waals surface area contributed by atoms with Gasteiger partial charge in [-0.15, -0.1) is 21.5 Å². The normalized spacial score (nSPS) is 16.3. The first-order valence-corrected chi connectivity index (χ1v) is 13.5. The number of aromatic nitrogens is 4. The Morgan fingerprint density at radius 3 is 2.83 bits per heavy atom. The smallest absolute Gasteiger partial charge is 0.198 e. The molecule has 0 radical (unpaired) electrons. The Morgan fingerprint density at radius 1 is 1.27 bits per heavy atom. The van der Waals surface area contributed by atoms with Crippen LogP contribution in [0.4, 0.5) is 0 Å². The van der Waals surface area contributed by atoms with Crippen LogP contribution in [0.1, 0.15) is 34.1 Å². The van der Waals surface area contributed by atoms with E-state index >= 15 is 0 Å². The zero-order valence-corrected chi connectivity index (χ0v) is 20.6. The van der Waals surface area contributed by atoms with Crippen LogP contribution in [0.2, 0.25) is 0 Å². The molecule has 1 aliphatic carbocycles. The molecule has 5 nitrogen and oxygen atoms in total. The summed E-state index contributed by atoms with van der Waals surface area (Å²) < 4.78 is 2.99. The van der Waals surface area contributed by atoms with E-state index in [9.17, 15) is 4.79 Å². The SMILES string of the molecule is CSc1nc2sc3c(c2c2nnc(SCC(=O)c4ccc(Br)cc4)n12)CCC(C)C3. The number of benzene rings is 1. The fraction of sp³-hybridized carbons (Fsp3) is 0.333. The molecule has 0 spiro atoms. The number of thiophene rings is 1. The van der Waals surface area contributed by atoms with E-state index in [4.69, 9.17) is 4.98 Å². The lowest BCUT2D eigenvalue weighted by Crippen LogP contribution is -2.08. The third kappa shape index (κ3) is 3.59. The van der Waals surface area contributed by atoms with Crippen LogP contribution in [-0.2, 0) is 12.8 Å². The first kappa shape index (κ1) is 20.5. The Hall–Kier alpha value is -1.42. The van der Waals surface area contributed by atoms with Gasteiger partial charge in [0.05, 0.1) is 11.1 Å². The minimum absolute atomic E-state index is 0.0749. The highest BCUT2D eigenvalue weighted by atomic mass is 79.9. The predicted molar refractivity (Wildman–Crippen MR) is 128 cm³/mol. The molecule has 9 heteroatoms. The summed E-state index contributed by atoms with van der Waals surface area (Å²) in [6.07, 6.45) is 5.41. The largest absolute Gasteiger partial charge is 0.293 e. The van der Waals surface area contributed by atoms with Crippen LogP contribution >= 0.6 is 50.8 Å². The molecule has 0 saturated carbocycles. The molecular formula is C21H19BrN4OS3. The topological polar surface area (TPSA) is 60.2 Å². The highest BCUT2D eigenvalue weighted by molar-refractivity contribution is 9.10. The molecule has 1 unspecified atom stereocenters. The molecular weight excluding hydrogens is 500 g/mol. The van der Waals surface area contributed by atoms with E-state index in [0.29, 0.717) is 11.3 Å². The van der Waals surface area contributed by atoms with Gasteiger partial charge in [-0.3, -0.25) is 4.79 Å². The molecule has 30 heavy (non-hydrogen) atoms. The van der Waals surface area contributed by atoms with Crippen LogP contribution in [0, 0.1) is 5.92 Å². The molecule has 0 saturated heterocycles. The van der Waals surface area contributed by atoms with Gasteiger partial charge in [0.2, 0.25) is 0 Å². The second-order valence-electron chi connectivity index (χ2n) is 7.49. The fourth-order valence-corrected chi connectivity index (χ4v) is 6.99. The Labute approximate surface area is 195 Å². The van der Waals surface area contributed by atoms with Crippen molar-refractivity contribution >= 4 is 72.4 Å². The maximum Gasteiger partial charge on any atom is 0.198 e. The number of hydrogen-bond acceptors (Lipinski definition) is 7. The number of thioether (sulfide) groups is 2. The van der Waals surface area contributed by atoms with Gasteiger partial charge in [-0.2, -0.15) is 0 Å². The van der Waals surface area contributed by atoms with Crippen molar-refractivity contribution in [2.24, 2.45) is 5.92 Å². The van der Waals surface area contributed by atoms with Gasteiger partial charge in [-0.25, -0.2) is 9.38 Å². The number of ketones is 1. The van der Waals surface area contributed by atoms with E-state index in [-0.39, 0.29) is 5.78 Å². The molecule has 5 rings (SSSR count). The number of halogens is 1. The molecule has 0 amide bonds. The molecule has 154 valence electrons. The highest BCUT2D eigenvalue weighted by Gasteiger charge is 2.25. The maximum absolute atomic E-state index is 12.6. The Balaban J connectivity index is 1.52. The summed E-state index contributed by atoms with van der Waals surface area (Å²) in [7, 11) is 0. The summed E-state index contributed by atoms with van der Waals surface area (Å²) in [5.41, 5.74) is 2.97. The number of nitrogens with zero attached hydrogens (tertiary/aromatic N) is 4. The van der Waals surface area contributed by atoms with Crippen LogP contribution in [0.15, 0.2) is 39.1 Å². The van der Waals surface area contributed by atoms with Crippen molar-refractivity contribution in [3.63, 3.8) is 0 Å². The molecule has 1 atom stereocenters. The third-order valence-corrected chi connectivity index (χ3v) is 8.66. The molecule has 0 bridgehead atoms. The van der Waals surface area contributed by atoms with E-state index in [2.05, 4.69) is 33.1 Å². The van der Waals surface area contributed by atoms with E-state index < -0.39 is 0 Å². The maximum atomic E-state index is 12.6. The van der Waals surface area contributed by atoms with Gasteiger partial charge >= 0.3 is 0 Å². The van der Waals surface area contributed by atoms with E-state index in [1.165, 1.54) is 28.6 Å². The van der Waals surface area contributed by atoms with Gasteiger partial charge in [0.25, 0.3) is 0 Å². The zero-order valence-electron chi connectivity index (χ0n) is 16.5. The number of hydrogen-bond donors (Lipinski definition) is 0. The molecule has 1 aromatic carbocycles. The van der Waals surface area contributed by atoms with Gasteiger partial charge in [0.15, 0.2) is 21.7 Å². The summed E-state index contributed by atoms with van der Waals surface area (Å²) >= 11 is 8.22. The van der Waals surface area contributed by atoms with Gasteiger partial charge in [-0.05, 0) is 49.1 Å². The van der Waals surface area contributed by atoms with Crippen LogP contribution < -0.4 is 0 Å². The number of Topliss-reactive ketones (excluding diaryl/α,β-unsaturated/α-hetero) is 1. The predicted octanol–water partition coefficient (Wildman–Crippen LogP) is 5.92. The lowest BCUT2D eigenvalue weighted by atomic mass is 9.89. The van der Waals surface area contributed by atoms with Crippen molar-refractivity contribution in [3.8, 4) is 0 Å². The molecule has 3 heterocycles. The van der Waals surface area contributed by atoms with Gasteiger partial charge < -0.3 is 0 Å². The lowest BCUT2D eigenvalue weighted by molar-refractivity contribution is 0.102. The molecule has 1 aliphatic rings. The molecule has 0 fully saturated rings. The summed E-state index contributed by atoms with van der Waals surface area (Å²) in [5.74, 6) is 1.11. The number of aryl methyl sites for hydroxylation is 1. The second-order valence-corrected chi connectivity index (χ2v) is 11.2. The summed E-state index contributed by atoms with van der Waals surface area (Å²) in [6, 6.07) is 7.45. The third-order valence-electron chi connectivity index (χ3n) is 5.42. The minimum atomic E-state index is 0.0749. The van der Waals surface area contributed by atoms with Crippen LogP contribution in [0.5, 0.6) is 0 Å². The number of carbonyl (C=O) groups is 1. The summed E-state index contributed by atoms with van der Waals surface area (Å²) in [4.78, 5) is 20.1. The number of rotatable bonds is 5. The fourth-order valence-electron chi connectivity index (χ4n) is 3.87. The molecule has 0 N–H and O–H groups in total. The number of carbonyl (C=O) groups excluding carboxylic acids is 1. The Morgan fingerprint density at radius 2 is 2.07 bits per heavy atom. The molecule has 0 aliphatic heterocycles. The average Bonchev–Trinajstić information content (AvgIpc) is 3.32. The highest BCUT2D eigenvalue weighted by Crippen LogP contribution is 2.40. The van der Waals surface area contributed by atoms with Gasteiger partial charge in [0.1, 0.15) is 4.83 Å². The van der Waals surface area contributed by atoms with Crippen LogP contribution in [0.25, 0.3) is 15.9 Å².